The van der Waals surface area contributed by atoms with Crippen LogP contribution in [0.3, 0.4) is 0 Å². The zero-order valence-electron chi connectivity index (χ0n) is 14.3. The van der Waals surface area contributed by atoms with E-state index in [0.717, 1.165) is 5.69 Å². The Labute approximate surface area is 167 Å². The lowest BCUT2D eigenvalue weighted by atomic mass is 10.2. The average molecular weight is 448 g/mol. The molecular weight excluding hydrogens is 434 g/mol. The first-order valence-corrected chi connectivity index (χ1v) is 9.35. The van der Waals surface area contributed by atoms with E-state index in [9.17, 15) is 14.9 Å². The van der Waals surface area contributed by atoms with Gasteiger partial charge in [0.1, 0.15) is 5.03 Å². The summed E-state index contributed by atoms with van der Waals surface area (Å²) in [4.78, 5) is 28.1. The van der Waals surface area contributed by atoms with E-state index in [1.165, 1.54) is 23.9 Å². The Morgan fingerprint density at radius 1 is 1.33 bits per heavy atom. The SMILES string of the molecule is Cc1c(Br)c(C(=O)Nc2cc(Sc3ccccn3)cc([N+](=O)[O-])c2)nn1C. The number of aryl methyl sites for hydroxylation is 1. The number of nitrogens with zero attached hydrogens (tertiary/aromatic N) is 4. The normalized spacial score (nSPS) is 10.6. The number of carbonyl (C=O) groups excluding carboxylic acids is 1. The van der Waals surface area contributed by atoms with Crippen LogP contribution in [0.5, 0.6) is 0 Å². The summed E-state index contributed by atoms with van der Waals surface area (Å²) in [5.41, 5.74) is 1.19. The fourth-order valence-corrected chi connectivity index (χ4v) is 3.65. The summed E-state index contributed by atoms with van der Waals surface area (Å²) in [6.45, 7) is 1.82. The highest BCUT2D eigenvalue weighted by Gasteiger charge is 2.19. The smallest absolute Gasteiger partial charge is 0.277 e. The van der Waals surface area contributed by atoms with E-state index in [1.54, 1.807) is 36.1 Å². The Balaban J connectivity index is 1.91. The molecule has 1 amide bonds. The monoisotopic (exact) mass is 447 g/mol. The molecule has 0 saturated heterocycles. The van der Waals surface area contributed by atoms with Gasteiger partial charge in [-0.2, -0.15) is 5.10 Å². The molecule has 2 aromatic heterocycles. The van der Waals surface area contributed by atoms with Gasteiger partial charge in [-0.3, -0.25) is 19.6 Å². The molecule has 1 N–H and O–H groups in total. The molecule has 0 aliphatic carbocycles. The molecular formula is C17H14BrN5O3S. The molecule has 27 heavy (non-hydrogen) atoms. The predicted octanol–water partition coefficient (Wildman–Crippen LogP) is 4.20. The van der Waals surface area contributed by atoms with Crippen LogP contribution >= 0.6 is 27.7 Å². The standard InChI is InChI=1S/C17H14BrN5O3S/c1-10-15(18)16(21-22(10)2)17(24)20-11-7-12(23(25)26)9-13(8-11)27-14-5-3-4-6-19-14/h3-9H,1-2H3,(H,20,24). The highest BCUT2D eigenvalue weighted by molar-refractivity contribution is 9.10. The maximum Gasteiger partial charge on any atom is 0.277 e. The van der Waals surface area contributed by atoms with Crippen LogP contribution in [0.25, 0.3) is 0 Å². The van der Waals surface area contributed by atoms with Crippen molar-refractivity contribution in [3.05, 3.63) is 68.6 Å². The second-order valence-corrected chi connectivity index (χ2v) is 7.46. The third-order valence-corrected chi connectivity index (χ3v) is 5.57. The van der Waals surface area contributed by atoms with Crippen LogP contribution in [0, 0.1) is 17.0 Å². The van der Waals surface area contributed by atoms with E-state index >= 15 is 0 Å². The second-order valence-electron chi connectivity index (χ2n) is 5.57. The Morgan fingerprint density at radius 3 is 2.70 bits per heavy atom. The second kappa shape index (κ2) is 7.89. The lowest BCUT2D eigenvalue weighted by molar-refractivity contribution is -0.385. The first-order chi connectivity index (χ1) is 12.8. The molecule has 10 heteroatoms. The molecule has 0 saturated carbocycles. The van der Waals surface area contributed by atoms with Crippen molar-refractivity contribution in [1.29, 1.82) is 0 Å². The van der Waals surface area contributed by atoms with Crippen molar-refractivity contribution >= 4 is 45.0 Å². The number of carbonyl (C=O) groups is 1. The Hall–Kier alpha value is -2.72. The number of nitrogens with one attached hydrogen (secondary N) is 1. The number of nitro groups is 1. The Morgan fingerprint density at radius 2 is 2.11 bits per heavy atom. The van der Waals surface area contributed by atoms with Crippen LogP contribution in [0.15, 0.2) is 57.0 Å². The molecule has 0 atom stereocenters. The number of anilines is 1. The zero-order chi connectivity index (χ0) is 19.6. The van der Waals surface area contributed by atoms with Gasteiger partial charge in [0.15, 0.2) is 5.69 Å². The summed E-state index contributed by atoms with van der Waals surface area (Å²) in [5, 5.41) is 18.8. The molecule has 2 heterocycles. The first kappa shape index (κ1) is 19.1. The van der Waals surface area contributed by atoms with Gasteiger partial charge in [-0.25, -0.2) is 4.98 Å². The van der Waals surface area contributed by atoms with Crippen LogP contribution in [0.1, 0.15) is 16.2 Å². The highest BCUT2D eigenvalue weighted by atomic mass is 79.9. The Bertz CT molecular complexity index is 1020. The first-order valence-electron chi connectivity index (χ1n) is 7.74. The van der Waals surface area contributed by atoms with Crippen LogP contribution in [0.4, 0.5) is 11.4 Å². The third kappa shape index (κ3) is 4.34. The number of aromatic nitrogens is 3. The molecule has 0 aliphatic heterocycles. The van der Waals surface area contributed by atoms with Crippen molar-refractivity contribution in [2.24, 2.45) is 7.05 Å². The number of amides is 1. The number of rotatable bonds is 5. The van der Waals surface area contributed by atoms with Gasteiger partial charge in [0, 0.05) is 36.0 Å². The van der Waals surface area contributed by atoms with Crippen molar-refractivity contribution in [3.8, 4) is 0 Å². The van der Waals surface area contributed by atoms with E-state index < -0.39 is 10.8 Å². The lowest BCUT2D eigenvalue weighted by Gasteiger charge is -2.07. The molecule has 0 unspecified atom stereocenters. The lowest BCUT2D eigenvalue weighted by Crippen LogP contribution is -2.13. The summed E-state index contributed by atoms with van der Waals surface area (Å²) in [6.07, 6.45) is 1.64. The summed E-state index contributed by atoms with van der Waals surface area (Å²) < 4.78 is 2.16. The number of halogens is 1. The topological polar surface area (TPSA) is 103 Å². The van der Waals surface area contributed by atoms with Crippen molar-refractivity contribution < 1.29 is 9.72 Å². The van der Waals surface area contributed by atoms with Gasteiger partial charge in [-0.1, -0.05) is 17.8 Å². The maximum absolute atomic E-state index is 12.5. The number of nitro benzene ring substituents is 1. The fraction of sp³-hybridized carbons (Fsp3) is 0.118. The molecule has 0 aliphatic rings. The average Bonchev–Trinajstić information content (AvgIpc) is 2.90. The van der Waals surface area contributed by atoms with Gasteiger partial charge in [-0.05, 0) is 41.1 Å². The molecule has 0 fully saturated rings. The van der Waals surface area contributed by atoms with E-state index in [0.29, 0.717) is 20.1 Å². The van der Waals surface area contributed by atoms with Gasteiger partial charge in [0.05, 0.1) is 15.1 Å². The maximum atomic E-state index is 12.5. The third-order valence-electron chi connectivity index (χ3n) is 3.70. The molecule has 138 valence electrons. The molecule has 0 bridgehead atoms. The molecule has 3 rings (SSSR count). The summed E-state index contributed by atoms with van der Waals surface area (Å²) in [5.74, 6) is -0.458. The molecule has 3 aromatic rings. The quantitative estimate of drug-likeness (QED) is 0.464. The number of benzene rings is 1. The minimum absolute atomic E-state index is 0.123. The van der Waals surface area contributed by atoms with E-state index in [1.807, 2.05) is 13.0 Å². The minimum Gasteiger partial charge on any atom is -0.320 e. The van der Waals surface area contributed by atoms with E-state index in [-0.39, 0.29) is 11.4 Å². The van der Waals surface area contributed by atoms with Crippen LogP contribution in [-0.2, 0) is 7.05 Å². The van der Waals surface area contributed by atoms with Crippen LogP contribution < -0.4 is 5.32 Å². The number of hydrogen-bond donors (Lipinski definition) is 1. The van der Waals surface area contributed by atoms with Gasteiger partial charge in [0.2, 0.25) is 0 Å². The van der Waals surface area contributed by atoms with E-state index in [2.05, 4.69) is 31.3 Å². The summed E-state index contributed by atoms with van der Waals surface area (Å²) in [7, 11) is 1.73. The largest absolute Gasteiger partial charge is 0.320 e. The van der Waals surface area contributed by atoms with Crippen LogP contribution in [0.2, 0.25) is 0 Å². The van der Waals surface area contributed by atoms with Crippen LogP contribution in [-0.4, -0.2) is 25.6 Å². The molecule has 8 nitrogen and oxygen atoms in total. The molecule has 0 spiro atoms. The molecule has 1 aromatic carbocycles. The minimum atomic E-state index is -0.501. The summed E-state index contributed by atoms with van der Waals surface area (Å²) in [6, 6.07) is 9.83. The molecule has 0 radical (unpaired) electrons. The van der Waals surface area contributed by atoms with Crippen molar-refractivity contribution in [2.45, 2.75) is 16.8 Å². The van der Waals surface area contributed by atoms with Gasteiger partial charge >= 0.3 is 0 Å². The van der Waals surface area contributed by atoms with E-state index in [4.69, 9.17) is 0 Å². The fourth-order valence-electron chi connectivity index (χ4n) is 2.27. The highest BCUT2D eigenvalue weighted by Crippen LogP contribution is 2.32. The van der Waals surface area contributed by atoms with Gasteiger partial charge in [-0.15, -0.1) is 0 Å². The van der Waals surface area contributed by atoms with Gasteiger partial charge < -0.3 is 5.32 Å². The number of non-ortho nitro benzene ring substituents is 1. The van der Waals surface area contributed by atoms with Crippen molar-refractivity contribution in [3.63, 3.8) is 0 Å². The van der Waals surface area contributed by atoms with Crippen molar-refractivity contribution in [1.82, 2.24) is 14.8 Å². The van der Waals surface area contributed by atoms with Crippen molar-refractivity contribution in [2.75, 3.05) is 5.32 Å². The van der Waals surface area contributed by atoms with Gasteiger partial charge in [0.25, 0.3) is 11.6 Å². The summed E-state index contributed by atoms with van der Waals surface area (Å²) >= 11 is 4.62. The Kier molecular flexibility index (Phi) is 5.57. The number of pyridine rings is 1. The number of hydrogen-bond acceptors (Lipinski definition) is 6. The zero-order valence-corrected chi connectivity index (χ0v) is 16.7. The predicted molar refractivity (Wildman–Crippen MR) is 105 cm³/mol.